The van der Waals surface area contributed by atoms with Crippen LogP contribution in [0.4, 0.5) is 0 Å². The summed E-state index contributed by atoms with van der Waals surface area (Å²) in [7, 11) is 1.33. The number of aliphatic imine (C=N–C) groups is 1. The lowest BCUT2D eigenvalue weighted by Gasteiger charge is -2.25. The second-order valence-electron chi connectivity index (χ2n) is 5.54. The largest absolute Gasteiger partial charge is 0.469 e. The van der Waals surface area contributed by atoms with Crippen molar-refractivity contribution in [3.63, 3.8) is 0 Å². The third kappa shape index (κ3) is 8.36. The molecule has 0 saturated carbocycles. The Morgan fingerprint density at radius 3 is 2.10 bits per heavy atom. The molecule has 5 nitrogen and oxygen atoms in total. The number of hydrogen-bond donors (Lipinski definition) is 0. The van der Waals surface area contributed by atoms with Crippen molar-refractivity contribution in [1.29, 1.82) is 0 Å². The van der Waals surface area contributed by atoms with Crippen LogP contribution in [0.2, 0.25) is 0 Å². The molecule has 0 spiro atoms. The number of methoxy groups -OCH3 is 1. The van der Waals surface area contributed by atoms with E-state index in [1.807, 2.05) is 12.5 Å². The fourth-order valence-electron chi connectivity index (χ4n) is 1.53. The average molecular weight is 335 g/mol. The number of hydrogen-bond acceptors (Lipinski definition) is 7. The molecule has 21 heavy (non-hydrogen) atoms. The summed E-state index contributed by atoms with van der Waals surface area (Å²) in [5.74, 6) is -1.07. The summed E-state index contributed by atoms with van der Waals surface area (Å²) < 4.78 is 10.8. The molecule has 2 atom stereocenters. The van der Waals surface area contributed by atoms with Gasteiger partial charge in [0.15, 0.2) is 6.04 Å². The van der Waals surface area contributed by atoms with Crippen LogP contribution < -0.4 is 0 Å². The Morgan fingerprint density at radius 2 is 1.71 bits per heavy atom. The van der Waals surface area contributed by atoms with Gasteiger partial charge in [0.25, 0.3) is 0 Å². The van der Waals surface area contributed by atoms with Gasteiger partial charge in [0.05, 0.1) is 13.5 Å². The van der Waals surface area contributed by atoms with Crippen LogP contribution >= 0.6 is 23.5 Å². The van der Waals surface area contributed by atoms with Gasteiger partial charge in [-0.2, -0.15) is 0 Å². The van der Waals surface area contributed by atoms with E-state index in [9.17, 15) is 9.59 Å². The van der Waals surface area contributed by atoms with E-state index in [0.717, 1.165) is 4.38 Å². The van der Waals surface area contributed by atoms with Gasteiger partial charge in [-0.05, 0) is 39.2 Å². The smallest absolute Gasteiger partial charge is 0.331 e. The molecule has 0 radical (unpaired) electrons. The van der Waals surface area contributed by atoms with Crippen LogP contribution in [-0.2, 0) is 19.1 Å². The minimum Gasteiger partial charge on any atom is -0.469 e. The minimum absolute atomic E-state index is 0.125. The minimum atomic E-state index is -0.710. The molecule has 0 amide bonds. The first-order chi connectivity index (χ1) is 9.64. The van der Waals surface area contributed by atoms with Gasteiger partial charge in [0.1, 0.15) is 9.98 Å². The van der Waals surface area contributed by atoms with Crippen molar-refractivity contribution in [2.24, 2.45) is 10.9 Å². The lowest BCUT2D eigenvalue weighted by Crippen LogP contribution is -2.35. The summed E-state index contributed by atoms with van der Waals surface area (Å²) in [6.07, 6.45) is 3.92. The zero-order chi connectivity index (χ0) is 16.6. The summed E-state index contributed by atoms with van der Waals surface area (Å²) in [4.78, 5) is 28.2. The summed E-state index contributed by atoms with van der Waals surface area (Å²) in [6, 6.07) is -0.710. The van der Waals surface area contributed by atoms with E-state index >= 15 is 0 Å². The first-order valence-corrected chi connectivity index (χ1v) is 9.05. The van der Waals surface area contributed by atoms with Gasteiger partial charge in [0.2, 0.25) is 0 Å². The van der Waals surface area contributed by atoms with Gasteiger partial charge in [-0.1, -0.05) is 6.92 Å². The van der Waals surface area contributed by atoms with Crippen LogP contribution in [-0.4, -0.2) is 47.6 Å². The van der Waals surface area contributed by atoms with E-state index in [4.69, 9.17) is 4.74 Å². The van der Waals surface area contributed by atoms with E-state index in [1.54, 1.807) is 27.7 Å². The number of carbonyl (C=O) groups excluding carboxylic acids is 2. The molecule has 0 aromatic rings. The van der Waals surface area contributed by atoms with Gasteiger partial charge < -0.3 is 9.47 Å². The Kier molecular flexibility index (Phi) is 9.04. The van der Waals surface area contributed by atoms with Crippen molar-refractivity contribution in [3.05, 3.63) is 0 Å². The van der Waals surface area contributed by atoms with Crippen molar-refractivity contribution < 1.29 is 19.1 Å². The van der Waals surface area contributed by atoms with Crippen LogP contribution in [0.25, 0.3) is 0 Å². The molecule has 7 heteroatoms. The molecule has 0 aliphatic rings. The maximum Gasteiger partial charge on any atom is 0.331 e. The Morgan fingerprint density at radius 1 is 1.19 bits per heavy atom. The molecule has 0 aliphatic carbocycles. The van der Waals surface area contributed by atoms with Gasteiger partial charge in [-0.25, -0.2) is 4.79 Å². The first kappa shape index (κ1) is 20.3. The zero-order valence-corrected chi connectivity index (χ0v) is 15.4. The first-order valence-electron chi connectivity index (χ1n) is 6.60. The zero-order valence-electron chi connectivity index (χ0n) is 13.8. The van der Waals surface area contributed by atoms with E-state index in [1.165, 1.54) is 30.6 Å². The average Bonchev–Trinajstić information content (AvgIpc) is 2.37. The SMILES string of the molecule is COC(=O)C[C@H](C)[C@H](N=C(SC)SC)C(=O)OC(C)(C)C. The number of rotatable bonds is 5. The van der Waals surface area contributed by atoms with Gasteiger partial charge in [-0.15, -0.1) is 23.5 Å². The molecule has 0 unspecified atom stereocenters. The number of ether oxygens (including phenoxy) is 2. The van der Waals surface area contributed by atoms with Crippen molar-refractivity contribution in [2.45, 2.75) is 45.8 Å². The summed E-state index contributed by atoms with van der Waals surface area (Å²) >= 11 is 2.93. The normalized spacial score (nSPS) is 14.0. The molecular formula is C14H25NO4S2. The monoisotopic (exact) mass is 335 g/mol. The highest BCUT2D eigenvalue weighted by atomic mass is 32.2. The van der Waals surface area contributed by atoms with Gasteiger partial charge >= 0.3 is 11.9 Å². The van der Waals surface area contributed by atoms with E-state index < -0.39 is 17.6 Å². The predicted octanol–water partition coefficient (Wildman–Crippen LogP) is 2.98. The summed E-state index contributed by atoms with van der Waals surface area (Å²) in [5, 5.41) is 0. The number of nitrogens with zero attached hydrogens (tertiary/aromatic N) is 1. The quantitative estimate of drug-likeness (QED) is 0.437. The molecule has 0 saturated heterocycles. The van der Waals surface area contributed by atoms with Crippen LogP contribution in [0.1, 0.15) is 34.1 Å². The van der Waals surface area contributed by atoms with Crippen molar-refractivity contribution in [1.82, 2.24) is 0 Å². The van der Waals surface area contributed by atoms with Crippen molar-refractivity contribution in [2.75, 3.05) is 19.6 Å². The van der Waals surface area contributed by atoms with E-state index in [-0.39, 0.29) is 18.3 Å². The molecular weight excluding hydrogens is 310 g/mol. The second-order valence-corrected chi connectivity index (χ2v) is 7.39. The fraction of sp³-hybridized carbons (Fsp3) is 0.786. The van der Waals surface area contributed by atoms with Crippen molar-refractivity contribution in [3.8, 4) is 0 Å². The standard InChI is InChI=1S/C14H25NO4S2/c1-9(8-10(16)18-5)11(15-13(20-6)21-7)12(17)19-14(2,3)4/h9,11H,8H2,1-7H3/t9-,11-/m0/s1. The Labute approximate surface area is 135 Å². The third-order valence-electron chi connectivity index (χ3n) is 2.50. The van der Waals surface area contributed by atoms with E-state index in [2.05, 4.69) is 9.73 Å². The fourth-order valence-corrected chi connectivity index (χ4v) is 2.64. The molecule has 0 heterocycles. The molecule has 0 bridgehead atoms. The van der Waals surface area contributed by atoms with Gasteiger partial charge in [-0.3, -0.25) is 9.79 Å². The summed E-state index contributed by atoms with van der Waals surface area (Å²) in [6.45, 7) is 7.22. The molecule has 0 rings (SSSR count). The predicted molar refractivity (Wildman–Crippen MR) is 89.9 cm³/mol. The maximum absolute atomic E-state index is 12.3. The second kappa shape index (κ2) is 9.35. The highest BCUT2D eigenvalue weighted by Gasteiger charge is 2.31. The lowest BCUT2D eigenvalue weighted by atomic mass is 9.98. The highest BCUT2D eigenvalue weighted by molar-refractivity contribution is 8.38. The molecule has 0 N–H and O–H groups in total. The Hall–Kier alpha value is -0.690. The molecule has 0 aliphatic heterocycles. The van der Waals surface area contributed by atoms with Crippen LogP contribution in [0.15, 0.2) is 4.99 Å². The third-order valence-corrected chi connectivity index (χ3v) is 4.41. The molecule has 0 aromatic heterocycles. The number of thioether (sulfide) groups is 2. The number of carbonyl (C=O) groups is 2. The van der Waals surface area contributed by atoms with Gasteiger partial charge in [0, 0.05) is 0 Å². The number of esters is 2. The lowest BCUT2D eigenvalue weighted by molar-refractivity contribution is -0.158. The van der Waals surface area contributed by atoms with Crippen LogP contribution in [0.5, 0.6) is 0 Å². The topological polar surface area (TPSA) is 65.0 Å². The Bertz CT molecular complexity index is 385. The molecule has 0 aromatic carbocycles. The molecule has 122 valence electrons. The van der Waals surface area contributed by atoms with Crippen LogP contribution in [0.3, 0.4) is 0 Å². The van der Waals surface area contributed by atoms with Crippen molar-refractivity contribution >= 4 is 39.8 Å². The highest BCUT2D eigenvalue weighted by Crippen LogP contribution is 2.21. The maximum atomic E-state index is 12.3. The molecule has 0 fully saturated rings. The van der Waals surface area contributed by atoms with Crippen LogP contribution in [0, 0.1) is 5.92 Å². The Balaban J connectivity index is 5.22. The van der Waals surface area contributed by atoms with E-state index in [0.29, 0.717) is 0 Å². The summed E-state index contributed by atoms with van der Waals surface area (Å²) in [5.41, 5.74) is -0.589.